The number of carbonyl (C=O) groups is 17. The predicted octanol–water partition coefficient (Wildman–Crippen LogP) is -7.39. The van der Waals surface area contributed by atoms with Crippen molar-refractivity contribution in [1.29, 1.82) is 0 Å². The van der Waals surface area contributed by atoms with Gasteiger partial charge in [-0.2, -0.15) is 0 Å². The monoisotopic (exact) mass is 1670 g/mol. The molecule has 4 heterocycles. The Morgan fingerprint density at radius 1 is 0.586 bits per heavy atom. The first kappa shape index (κ1) is 90.9. The number of nitrogens with one attached hydrogen (secondary N) is 13. The number of aromatic hydroxyl groups is 2. The largest absolute Gasteiger partial charge is 0.508 e. The summed E-state index contributed by atoms with van der Waals surface area (Å²) in [5.74, 6) is -23.0. The fourth-order valence-corrected chi connectivity index (χ4v) is 17.9. The molecule has 6 rings (SSSR count). The number of hydrogen-bond donors (Lipinski definition) is 20. The molecule has 4 saturated heterocycles. The van der Waals surface area contributed by atoms with E-state index in [1.807, 2.05) is 0 Å². The maximum Gasteiger partial charge on any atom is 0.303 e. The molecule has 0 aliphatic carbocycles. The molecule has 2 aromatic carbocycles. The maximum absolute atomic E-state index is 15.4. The van der Waals surface area contributed by atoms with Gasteiger partial charge in [-0.1, -0.05) is 89.0 Å². The first-order valence-electron chi connectivity index (χ1n) is 34.6. The zero-order chi connectivity index (χ0) is 81.4. The molecule has 40 nitrogen and oxygen atoms in total. The number of nitrogens with two attached hydrogens (primary N) is 3. The first-order valence-corrected chi connectivity index (χ1v) is 42.1. The summed E-state index contributed by atoms with van der Waals surface area (Å²) in [5, 5.41) is 73.4. The maximum atomic E-state index is 15.4. The number of aliphatic hydroxyl groups excluding tert-OH is 1. The zero-order valence-corrected chi connectivity index (χ0v) is 64.9. The number of carboxylic acid groups (broad SMARTS) is 1. The molecule has 0 aromatic heterocycles. The Hall–Kier alpha value is -9.03. The van der Waals surface area contributed by atoms with E-state index in [4.69, 9.17) is 26.7 Å². The molecule has 2 aromatic rings. The van der Waals surface area contributed by atoms with Gasteiger partial charge < -0.3 is 121 Å². The van der Waals surface area contributed by atoms with Gasteiger partial charge >= 0.3 is 5.97 Å². The molecular formula is C65H91N17O23S6. The van der Waals surface area contributed by atoms with Crippen molar-refractivity contribution in [3.63, 3.8) is 0 Å². The molecule has 4 fully saturated rings. The third-order valence-corrected chi connectivity index (χ3v) is 24.0. The summed E-state index contributed by atoms with van der Waals surface area (Å²) in [5.41, 5.74) is 17.6. The number of fused-ring (bicyclic) bond motifs is 20. The predicted molar refractivity (Wildman–Crippen MR) is 407 cm³/mol. The number of aliphatic hydroxyl groups is 1. The van der Waals surface area contributed by atoms with Gasteiger partial charge in [-0.05, 0) is 68.5 Å². The third kappa shape index (κ3) is 30.5. The molecule has 14 atom stereocenters. The number of phenolic OH excluding ortho intramolecular Hbond substituents is 2. The molecule has 23 N–H and O–H groups in total. The Morgan fingerprint density at radius 3 is 1.68 bits per heavy atom. The SMILES string of the molecule is C[C@@H]1NC(=O)[C@@H]2CCCN2C(=O)[C@H](CC(N)=O)NC(=O)[C@@H]2CSSC[C@H](NC(=O)COCCOCCN)C(=O)N[C@H]3CSSC[C@H](NC1=O)C(=O)N[C@@H]([C@@H](C)O)C(=O)NCC(=O)N[C@H](C(=O)N[C@@H](Cc1ccc(O)cc1)C(N)=O)CSSC[C@H](NC(=O)[C@H](Cc1ccc(O)cc1)NC(=O)[C@H](CCC(=O)O)NC3=O)C(=O)N2. The van der Waals surface area contributed by atoms with Crippen LogP contribution in [0.5, 0.6) is 11.5 Å². The summed E-state index contributed by atoms with van der Waals surface area (Å²) < 4.78 is 10.8. The van der Waals surface area contributed by atoms with E-state index in [2.05, 4.69) is 69.1 Å². The van der Waals surface area contributed by atoms with E-state index in [0.717, 1.165) is 76.6 Å². The van der Waals surface area contributed by atoms with E-state index in [-0.39, 0.29) is 69.2 Å². The highest BCUT2D eigenvalue weighted by atomic mass is 33.1. The van der Waals surface area contributed by atoms with Gasteiger partial charge in [0.2, 0.25) is 94.5 Å². The highest BCUT2D eigenvalue weighted by Crippen LogP contribution is 2.28. The number of amides is 16. The molecule has 46 heteroatoms. The van der Waals surface area contributed by atoms with Crippen molar-refractivity contribution in [2.75, 3.05) is 80.6 Å². The van der Waals surface area contributed by atoms with Crippen LogP contribution in [0.1, 0.15) is 57.1 Å². The number of aliphatic carboxylic acids is 1. The van der Waals surface area contributed by atoms with Crippen LogP contribution in [0, 0.1) is 0 Å². The number of carbonyl (C=O) groups excluding carboxylic acids is 16. The van der Waals surface area contributed by atoms with Crippen molar-refractivity contribution in [1.82, 2.24) is 74.0 Å². The van der Waals surface area contributed by atoms with Gasteiger partial charge in [-0.25, -0.2) is 0 Å². The lowest BCUT2D eigenvalue weighted by Gasteiger charge is -2.30. The fourth-order valence-electron chi connectivity index (χ4n) is 10.9. The fraction of sp³-hybridized carbons (Fsp3) is 0.554. The number of nitrogens with zero attached hydrogens (tertiary/aromatic N) is 1. The number of phenols is 2. The number of benzene rings is 2. The van der Waals surface area contributed by atoms with Crippen molar-refractivity contribution in [2.45, 2.75) is 143 Å². The number of carboxylic acids is 1. The first-order chi connectivity index (χ1) is 52.8. The van der Waals surface area contributed by atoms with Crippen LogP contribution in [0.25, 0.3) is 0 Å². The van der Waals surface area contributed by atoms with Gasteiger partial charge in [-0.15, -0.1) is 0 Å². The average Bonchev–Trinajstić information content (AvgIpc) is 1.74. The Balaban J connectivity index is 1.59. The van der Waals surface area contributed by atoms with Gasteiger partial charge in [-0.3, -0.25) is 81.5 Å². The van der Waals surface area contributed by atoms with Crippen LogP contribution in [0.15, 0.2) is 48.5 Å². The van der Waals surface area contributed by atoms with E-state index < -0.39 is 258 Å². The van der Waals surface area contributed by atoms with Gasteiger partial charge in [0.15, 0.2) is 0 Å². The summed E-state index contributed by atoms with van der Waals surface area (Å²) in [6, 6.07) is -12.1. The minimum Gasteiger partial charge on any atom is -0.508 e. The van der Waals surface area contributed by atoms with Crippen LogP contribution >= 0.6 is 64.8 Å². The summed E-state index contributed by atoms with van der Waals surface area (Å²) in [4.78, 5) is 244. The second-order valence-corrected chi connectivity index (χ2v) is 33.2. The van der Waals surface area contributed by atoms with Crippen molar-refractivity contribution >= 4 is 165 Å². The molecular weight excluding hydrogens is 1580 g/mol. The topological polar surface area (TPSA) is 627 Å². The van der Waals surface area contributed by atoms with Crippen molar-refractivity contribution in [3.8, 4) is 11.5 Å². The lowest BCUT2D eigenvalue weighted by molar-refractivity contribution is -0.143. The Morgan fingerprint density at radius 2 is 1.10 bits per heavy atom. The Kier molecular flexibility index (Phi) is 37.7. The zero-order valence-electron chi connectivity index (χ0n) is 60.0. The second-order valence-electron chi connectivity index (χ2n) is 25.5. The lowest BCUT2D eigenvalue weighted by atomic mass is 10.0. The summed E-state index contributed by atoms with van der Waals surface area (Å²) in [7, 11) is 4.52. The number of ether oxygens (including phenoxy) is 2. The molecule has 16 amide bonds. The standard InChI is InChI=1S/C65H91N17O23S6/c1-31-54(92)77-46-30-111-110-27-43-59(97)73-37(13-14-51(89)90)55(93)75-39(21-34-7-11-36(85)12-8-34)56(94)78-45(29-109-106-25-41(71-49(87)23-69-64(102)52(32(2)83)81-62(46)100)57(95)74-38(53(68)91)20-33-5-9-35(84)10-6-33)61(99)80-44(28-108-107-26-42(58(96)79-43)72-50(88)24-105-19-18-104-17-15-66)60(98)76-40(22-48(67)86)65(103)82-16-3-4-47(82)63(101)70-31/h5-12,31-32,37-47,52,83-85H,3-4,13-30,66H2,1-2H3,(H2,67,86)(H2,68,91)(H,69,102)(H,70,101)(H,71,87)(H,72,88)(H,73,97)(H,74,95)(H,75,93)(H,76,98)(H,77,92)(H,78,94)(H,79,96)(H,80,99)(H,81,100)(H,89,90)/t31-,32+,37-,38-,39-,40-,41-,42-,43-,44-,45-,46-,47-,52-/m0/s1. The summed E-state index contributed by atoms with van der Waals surface area (Å²) >= 11 is 0. The lowest BCUT2D eigenvalue weighted by Crippen LogP contribution is -2.62. The quantitative estimate of drug-likeness (QED) is 0.0314. The van der Waals surface area contributed by atoms with Crippen molar-refractivity contribution in [2.24, 2.45) is 17.2 Å². The Labute approximate surface area is 659 Å². The molecule has 0 unspecified atom stereocenters. The van der Waals surface area contributed by atoms with Crippen LogP contribution in [0.3, 0.4) is 0 Å². The molecule has 4 aliphatic heterocycles. The van der Waals surface area contributed by atoms with E-state index in [0.29, 0.717) is 5.56 Å². The van der Waals surface area contributed by atoms with Gasteiger partial charge in [0.25, 0.3) is 0 Å². The van der Waals surface area contributed by atoms with Crippen LogP contribution < -0.4 is 86.3 Å². The molecule has 4 aliphatic rings. The Bertz CT molecular complexity index is 3670. The molecule has 0 radical (unpaired) electrons. The van der Waals surface area contributed by atoms with Gasteiger partial charge in [0, 0.05) is 66.9 Å². The molecule has 0 saturated carbocycles. The van der Waals surface area contributed by atoms with E-state index in [9.17, 15) is 82.8 Å². The van der Waals surface area contributed by atoms with E-state index in [1.165, 1.54) is 55.5 Å². The van der Waals surface area contributed by atoms with Crippen molar-refractivity contribution in [3.05, 3.63) is 59.7 Å². The normalized spacial score (nSPS) is 25.9. The second kappa shape index (κ2) is 46.1. The average molecular weight is 1670 g/mol. The third-order valence-electron chi connectivity index (χ3n) is 16.8. The number of rotatable bonds is 21. The highest BCUT2D eigenvalue weighted by Gasteiger charge is 2.42. The van der Waals surface area contributed by atoms with Crippen LogP contribution in [-0.4, -0.2) is 291 Å². The highest BCUT2D eigenvalue weighted by molar-refractivity contribution is 8.77. The molecule has 0 spiro atoms. The summed E-state index contributed by atoms with van der Waals surface area (Å²) in [6.07, 6.45) is -4.85. The van der Waals surface area contributed by atoms with E-state index >= 15 is 19.2 Å². The minimum atomic E-state index is -1.95. The number of primary amides is 2. The van der Waals surface area contributed by atoms with Crippen LogP contribution in [-0.2, 0) is 104 Å². The van der Waals surface area contributed by atoms with Crippen molar-refractivity contribution < 1.29 is 111 Å². The molecule has 610 valence electrons. The van der Waals surface area contributed by atoms with Gasteiger partial charge in [0.05, 0.1) is 38.9 Å². The summed E-state index contributed by atoms with van der Waals surface area (Å²) in [6.45, 7) is 0.682. The smallest absolute Gasteiger partial charge is 0.303 e. The number of hydrogen-bond acceptors (Lipinski definition) is 29. The molecule has 4 bridgehead atoms. The minimum absolute atomic E-state index is 0.00537. The van der Waals surface area contributed by atoms with Crippen LogP contribution in [0.2, 0.25) is 0 Å². The van der Waals surface area contributed by atoms with Gasteiger partial charge in [0.1, 0.15) is 96.6 Å². The van der Waals surface area contributed by atoms with E-state index in [1.54, 1.807) is 0 Å². The molecule has 111 heavy (non-hydrogen) atoms. The van der Waals surface area contributed by atoms with Crippen LogP contribution in [0.4, 0.5) is 0 Å².